The van der Waals surface area contributed by atoms with Crippen LogP contribution in [-0.4, -0.2) is 22.3 Å². The zero-order valence-corrected chi connectivity index (χ0v) is 11.4. The molecule has 1 heterocycles. The number of hydrogen-bond donors (Lipinski definition) is 0. The predicted molar refractivity (Wildman–Crippen MR) is 70.1 cm³/mol. The van der Waals surface area contributed by atoms with Crippen molar-refractivity contribution >= 4 is 27.5 Å². The standard InChI is InChI=1S/C12H13BrN2O3/c13-12-9(4-3-5-10(12)15(17)18)8-14-7-2-1-6-11(14)16/h3-5H,1-2,6-8H2. The van der Waals surface area contributed by atoms with Crippen LogP contribution < -0.4 is 0 Å². The normalized spacial score (nSPS) is 15.8. The highest BCUT2D eigenvalue weighted by atomic mass is 79.9. The minimum absolute atomic E-state index is 0.0389. The Morgan fingerprint density at radius 2 is 2.17 bits per heavy atom. The maximum Gasteiger partial charge on any atom is 0.283 e. The Bertz CT molecular complexity index is 490. The number of benzene rings is 1. The third-order valence-corrected chi connectivity index (χ3v) is 3.95. The summed E-state index contributed by atoms with van der Waals surface area (Å²) in [7, 11) is 0. The average Bonchev–Trinajstić information content (AvgIpc) is 2.34. The quantitative estimate of drug-likeness (QED) is 0.637. The first-order valence-electron chi connectivity index (χ1n) is 5.79. The lowest BCUT2D eigenvalue weighted by molar-refractivity contribution is -0.385. The summed E-state index contributed by atoms with van der Waals surface area (Å²) in [5.41, 5.74) is 0.816. The molecule has 1 fully saturated rings. The summed E-state index contributed by atoms with van der Waals surface area (Å²) in [5, 5.41) is 10.8. The molecule has 6 heteroatoms. The molecule has 0 aliphatic carbocycles. The van der Waals surface area contributed by atoms with Crippen molar-refractivity contribution in [3.63, 3.8) is 0 Å². The summed E-state index contributed by atoms with van der Waals surface area (Å²) in [5.74, 6) is 0.125. The predicted octanol–water partition coefficient (Wildman–Crippen LogP) is 2.87. The van der Waals surface area contributed by atoms with E-state index < -0.39 is 4.92 Å². The maximum absolute atomic E-state index is 11.7. The molecule has 1 aromatic rings. The molecule has 2 rings (SSSR count). The van der Waals surface area contributed by atoms with Crippen LogP contribution in [-0.2, 0) is 11.3 Å². The Morgan fingerprint density at radius 1 is 1.39 bits per heavy atom. The summed E-state index contributed by atoms with van der Waals surface area (Å²) < 4.78 is 0.466. The topological polar surface area (TPSA) is 63.5 Å². The van der Waals surface area contributed by atoms with Gasteiger partial charge in [-0.25, -0.2) is 0 Å². The van der Waals surface area contributed by atoms with E-state index in [1.165, 1.54) is 6.07 Å². The highest BCUT2D eigenvalue weighted by Gasteiger charge is 2.21. The van der Waals surface area contributed by atoms with Gasteiger partial charge in [0.1, 0.15) is 4.47 Å². The molecule has 1 aliphatic heterocycles. The van der Waals surface area contributed by atoms with Gasteiger partial charge in [-0.1, -0.05) is 12.1 Å². The third kappa shape index (κ3) is 2.69. The molecule has 0 spiro atoms. The van der Waals surface area contributed by atoms with E-state index in [2.05, 4.69) is 15.9 Å². The van der Waals surface area contributed by atoms with Gasteiger partial charge in [-0.2, -0.15) is 0 Å². The third-order valence-electron chi connectivity index (χ3n) is 3.04. The number of amides is 1. The Balaban J connectivity index is 2.21. The number of piperidine rings is 1. The first-order valence-corrected chi connectivity index (χ1v) is 6.58. The highest BCUT2D eigenvalue weighted by Crippen LogP contribution is 2.29. The van der Waals surface area contributed by atoms with Crippen molar-refractivity contribution in [1.82, 2.24) is 4.90 Å². The molecule has 0 unspecified atom stereocenters. The fourth-order valence-corrected chi connectivity index (χ4v) is 2.60. The Hall–Kier alpha value is -1.43. The van der Waals surface area contributed by atoms with E-state index >= 15 is 0 Å². The Labute approximate surface area is 113 Å². The van der Waals surface area contributed by atoms with Crippen molar-refractivity contribution in [2.75, 3.05) is 6.54 Å². The van der Waals surface area contributed by atoms with Crippen molar-refractivity contribution in [1.29, 1.82) is 0 Å². The zero-order chi connectivity index (χ0) is 13.1. The van der Waals surface area contributed by atoms with Crippen LogP contribution >= 0.6 is 15.9 Å². The van der Waals surface area contributed by atoms with E-state index in [0.717, 1.165) is 24.9 Å². The fraction of sp³-hybridized carbons (Fsp3) is 0.417. The molecular weight excluding hydrogens is 300 g/mol. The highest BCUT2D eigenvalue weighted by molar-refractivity contribution is 9.10. The minimum Gasteiger partial charge on any atom is -0.338 e. The summed E-state index contributed by atoms with van der Waals surface area (Å²) in [6, 6.07) is 4.90. The van der Waals surface area contributed by atoms with Crippen molar-refractivity contribution in [2.24, 2.45) is 0 Å². The van der Waals surface area contributed by atoms with Crippen molar-refractivity contribution < 1.29 is 9.72 Å². The molecule has 0 atom stereocenters. The van der Waals surface area contributed by atoms with Gasteiger partial charge in [-0.3, -0.25) is 14.9 Å². The molecule has 0 radical (unpaired) electrons. The number of likely N-dealkylation sites (tertiary alicyclic amines) is 1. The Kier molecular flexibility index (Phi) is 3.96. The maximum atomic E-state index is 11.7. The second kappa shape index (κ2) is 5.48. The lowest BCUT2D eigenvalue weighted by Gasteiger charge is -2.27. The van der Waals surface area contributed by atoms with Crippen LogP contribution in [0.3, 0.4) is 0 Å². The summed E-state index contributed by atoms with van der Waals surface area (Å²) in [6.45, 7) is 1.16. The first kappa shape index (κ1) is 13.0. The smallest absolute Gasteiger partial charge is 0.283 e. The largest absolute Gasteiger partial charge is 0.338 e. The number of halogens is 1. The molecule has 1 aliphatic rings. The number of nitro groups is 1. The molecule has 0 bridgehead atoms. The molecule has 0 N–H and O–H groups in total. The molecule has 0 saturated carbocycles. The number of carbonyl (C=O) groups excluding carboxylic acids is 1. The van der Waals surface area contributed by atoms with Crippen molar-refractivity contribution in [3.05, 3.63) is 38.3 Å². The van der Waals surface area contributed by atoms with Gasteiger partial charge in [0.25, 0.3) is 5.69 Å². The van der Waals surface area contributed by atoms with Crippen LogP contribution in [0.1, 0.15) is 24.8 Å². The summed E-state index contributed by atoms with van der Waals surface area (Å²) >= 11 is 3.25. The van der Waals surface area contributed by atoms with E-state index in [0.29, 0.717) is 17.4 Å². The zero-order valence-electron chi connectivity index (χ0n) is 9.76. The molecule has 1 saturated heterocycles. The minimum atomic E-state index is -0.425. The lowest BCUT2D eigenvalue weighted by Crippen LogP contribution is -2.34. The second-order valence-corrected chi connectivity index (χ2v) is 5.07. The summed E-state index contributed by atoms with van der Waals surface area (Å²) in [6.07, 6.45) is 2.51. The number of carbonyl (C=O) groups is 1. The average molecular weight is 313 g/mol. The van der Waals surface area contributed by atoms with E-state index in [-0.39, 0.29) is 11.6 Å². The molecule has 18 heavy (non-hydrogen) atoms. The Morgan fingerprint density at radius 3 is 2.83 bits per heavy atom. The van der Waals surface area contributed by atoms with Crippen LogP contribution in [0.15, 0.2) is 22.7 Å². The number of hydrogen-bond acceptors (Lipinski definition) is 3. The molecule has 1 aromatic carbocycles. The second-order valence-electron chi connectivity index (χ2n) is 4.28. The number of nitrogens with zero attached hydrogens (tertiary/aromatic N) is 2. The van der Waals surface area contributed by atoms with Crippen LogP contribution in [0.2, 0.25) is 0 Å². The van der Waals surface area contributed by atoms with Crippen LogP contribution in [0.4, 0.5) is 5.69 Å². The van der Waals surface area contributed by atoms with Gasteiger partial charge in [0, 0.05) is 25.6 Å². The molecule has 96 valence electrons. The van der Waals surface area contributed by atoms with Crippen LogP contribution in [0.5, 0.6) is 0 Å². The molecule has 1 amide bonds. The van der Waals surface area contributed by atoms with E-state index in [1.54, 1.807) is 17.0 Å². The van der Waals surface area contributed by atoms with Crippen LogP contribution in [0.25, 0.3) is 0 Å². The van der Waals surface area contributed by atoms with Crippen molar-refractivity contribution in [3.8, 4) is 0 Å². The summed E-state index contributed by atoms with van der Waals surface area (Å²) in [4.78, 5) is 23.9. The fourth-order valence-electron chi connectivity index (χ4n) is 2.06. The van der Waals surface area contributed by atoms with Gasteiger partial charge in [-0.05, 0) is 34.3 Å². The first-order chi connectivity index (χ1) is 8.59. The van der Waals surface area contributed by atoms with Gasteiger partial charge < -0.3 is 4.90 Å². The molecule has 5 nitrogen and oxygen atoms in total. The van der Waals surface area contributed by atoms with Crippen LogP contribution in [0, 0.1) is 10.1 Å². The van der Waals surface area contributed by atoms with Gasteiger partial charge in [-0.15, -0.1) is 0 Å². The SMILES string of the molecule is O=C1CCCCN1Cc1cccc([N+](=O)[O-])c1Br. The van der Waals surface area contributed by atoms with Gasteiger partial charge in [0.2, 0.25) is 5.91 Å². The van der Waals surface area contributed by atoms with Gasteiger partial charge in [0.15, 0.2) is 0 Å². The number of nitro benzene ring substituents is 1. The van der Waals surface area contributed by atoms with E-state index in [9.17, 15) is 14.9 Å². The lowest BCUT2D eigenvalue weighted by atomic mass is 10.1. The van der Waals surface area contributed by atoms with E-state index in [1.807, 2.05) is 0 Å². The van der Waals surface area contributed by atoms with Crippen molar-refractivity contribution in [2.45, 2.75) is 25.8 Å². The number of rotatable bonds is 3. The van der Waals surface area contributed by atoms with E-state index in [4.69, 9.17) is 0 Å². The molecular formula is C12H13BrN2O3. The molecule has 0 aromatic heterocycles. The van der Waals surface area contributed by atoms with Gasteiger partial charge in [0.05, 0.1) is 4.92 Å². The van der Waals surface area contributed by atoms with Gasteiger partial charge >= 0.3 is 0 Å². The monoisotopic (exact) mass is 312 g/mol.